The summed E-state index contributed by atoms with van der Waals surface area (Å²) < 4.78 is 1.61. The summed E-state index contributed by atoms with van der Waals surface area (Å²) in [6, 6.07) is 15.6. The fourth-order valence-electron chi connectivity index (χ4n) is 2.48. The van der Waals surface area contributed by atoms with Crippen LogP contribution in [0.25, 0.3) is 5.69 Å². The van der Waals surface area contributed by atoms with Crippen LogP contribution in [0.3, 0.4) is 0 Å². The lowest BCUT2D eigenvalue weighted by Crippen LogP contribution is -2.08. The SMILES string of the molecule is Cc1ccc(-n2nnc(C(=O)O)c2Cc2ccccc2)cc1C. The number of rotatable bonds is 4. The number of carboxylic acid groups (broad SMARTS) is 1. The molecule has 3 rings (SSSR count). The van der Waals surface area contributed by atoms with E-state index in [2.05, 4.69) is 10.3 Å². The number of carboxylic acids is 1. The van der Waals surface area contributed by atoms with Crippen LogP contribution in [0.2, 0.25) is 0 Å². The van der Waals surface area contributed by atoms with Crippen molar-refractivity contribution in [2.24, 2.45) is 0 Å². The highest BCUT2D eigenvalue weighted by molar-refractivity contribution is 5.86. The molecular weight excluding hydrogens is 290 g/mol. The second-order valence-electron chi connectivity index (χ2n) is 5.53. The first kappa shape index (κ1) is 15.0. The van der Waals surface area contributed by atoms with Gasteiger partial charge in [0.1, 0.15) is 0 Å². The Balaban J connectivity index is 2.10. The van der Waals surface area contributed by atoms with Gasteiger partial charge in [-0.3, -0.25) is 0 Å². The largest absolute Gasteiger partial charge is 0.476 e. The average molecular weight is 307 g/mol. The topological polar surface area (TPSA) is 68.0 Å². The van der Waals surface area contributed by atoms with Crippen molar-refractivity contribution in [3.8, 4) is 5.69 Å². The van der Waals surface area contributed by atoms with Crippen molar-refractivity contribution in [3.63, 3.8) is 0 Å². The molecule has 0 spiro atoms. The van der Waals surface area contributed by atoms with Crippen molar-refractivity contribution in [2.75, 3.05) is 0 Å². The molecular formula is C18H17N3O2. The van der Waals surface area contributed by atoms with Crippen LogP contribution in [0.5, 0.6) is 0 Å². The molecule has 0 fully saturated rings. The Hall–Kier alpha value is -2.95. The van der Waals surface area contributed by atoms with Crippen LogP contribution in [-0.4, -0.2) is 26.1 Å². The third-order valence-corrected chi connectivity index (χ3v) is 3.92. The van der Waals surface area contributed by atoms with E-state index in [9.17, 15) is 9.90 Å². The number of benzene rings is 2. The summed E-state index contributed by atoms with van der Waals surface area (Å²) in [6.45, 7) is 4.05. The van der Waals surface area contributed by atoms with E-state index in [-0.39, 0.29) is 5.69 Å². The molecule has 0 aliphatic carbocycles. The van der Waals surface area contributed by atoms with Gasteiger partial charge in [-0.25, -0.2) is 9.48 Å². The van der Waals surface area contributed by atoms with E-state index >= 15 is 0 Å². The van der Waals surface area contributed by atoms with Gasteiger partial charge in [-0.2, -0.15) is 0 Å². The van der Waals surface area contributed by atoms with Crippen molar-refractivity contribution in [2.45, 2.75) is 20.3 Å². The number of nitrogens with zero attached hydrogens (tertiary/aromatic N) is 3. The third kappa shape index (κ3) is 2.99. The monoisotopic (exact) mass is 307 g/mol. The molecule has 3 aromatic rings. The zero-order valence-electron chi connectivity index (χ0n) is 13.0. The normalized spacial score (nSPS) is 10.7. The first-order valence-corrected chi connectivity index (χ1v) is 7.35. The predicted octanol–water partition coefficient (Wildman–Crippen LogP) is 3.17. The molecule has 23 heavy (non-hydrogen) atoms. The first-order chi connectivity index (χ1) is 11.1. The molecule has 0 aliphatic rings. The van der Waals surface area contributed by atoms with Crippen molar-refractivity contribution >= 4 is 5.97 Å². The van der Waals surface area contributed by atoms with E-state index in [0.717, 1.165) is 16.8 Å². The maximum Gasteiger partial charge on any atom is 0.358 e. The zero-order valence-corrected chi connectivity index (χ0v) is 13.0. The summed E-state index contributed by atoms with van der Waals surface area (Å²) in [5, 5.41) is 17.3. The van der Waals surface area contributed by atoms with Gasteiger partial charge in [0.25, 0.3) is 0 Å². The van der Waals surface area contributed by atoms with Crippen LogP contribution in [0.1, 0.15) is 32.9 Å². The summed E-state index contributed by atoms with van der Waals surface area (Å²) in [4.78, 5) is 11.5. The molecule has 0 radical (unpaired) electrons. The Morgan fingerprint density at radius 1 is 1.09 bits per heavy atom. The summed E-state index contributed by atoms with van der Waals surface area (Å²) in [5.41, 5.74) is 4.71. The van der Waals surface area contributed by atoms with Crippen LogP contribution < -0.4 is 0 Å². The lowest BCUT2D eigenvalue weighted by Gasteiger charge is -2.09. The van der Waals surface area contributed by atoms with Crippen LogP contribution in [0, 0.1) is 13.8 Å². The highest BCUT2D eigenvalue weighted by Gasteiger charge is 2.20. The average Bonchev–Trinajstić information content (AvgIpc) is 2.95. The van der Waals surface area contributed by atoms with E-state index in [1.165, 1.54) is 5.56 Å². The van der Waals surface area contributed by atoms with Gasteiger partial charge in [0, 0.05) is 6.42 Å². The van der Waals surface area contributed by atoms with Gasteiger partial charge in [0.05, 0.1) is 11.4 Å². The van der Waals surface area contributed by atoms with Crippen molar-refractivity contribution in [1.82, 2.24) is 15.0 Å². The maximum atomic E-state index is 11.5. The maximum absolute atomic E-state index is 11.5. The first-order valence-electron chi connectivity index (χ1n) is 7.35. The number of aromatic carboxylic acids is 1. The van der Waals surface area contributed by atoms with Gasteiger partial charge in [-0.1, -0.05) is 41.6 Å². The number of hydrogen-bond acceptors (Lipinski definition) is 3. The molecule has 1 heterocycles. The second-order valence-corrected chi connectivity index (χ2v) is 5.53. The number of hydrogen-bond donors (Lipinski definition) is 1. The van der Waals surface area contributed by atoms with Gasteiger partial charge in [0.15, 0.2) is 5.69 Å². The van der Waals surface area contributed by atoms with Crippen LogP contribution in [-0.2, 0) is 6.42 Å². The van der Waals surface area contributed by atoms with Gasteiger partial charge in [-0.05, 0) is 42.7 Å². The third-order valence-electron chi connectivity index (χ3n) is 3.92. The van der Waals surface area contributed by atoms with Gasteiger partial charge < -0.3 is 5.11 Å². The molecule has 0 saturated heterocycles. The van der Waals surface area contributed by atoms with E-state index in [1.807, 2.05) is 62.4 Å². The summed E-state index contributed by atoms with van der Waals surface area (Å²) in [5.74, 6) is -1.06. The Morgan fingerprint density at radius 3 is 2.48 bits per heavy atom. The van der Waals surface area contributed by atoms with Crippen LogP contribution in [0.15, 0.2) is 48.5 Å². The lowest BCUT2D eigenvalue weighted by atomic mass is 10.1. The van der Waals surface area contributed by atoms with Crippen molar-refractivity contribution < 1.29 is 9.90 Å². The Morgan fingerprint density at radius 2 is 1.83 bits per heavy atom. The molecule has 5 heteroatoms. The Bertz CT molecular complexity index is 854. The molecule has 116 valence electrons. The summed E-state index contributed by atoms with van der Waals surface area (Å²) in [7, 11) is 0. The smallest absolute Gasteiger partial charge is 0.358 e. The molecule has 0 bridgehead atoms. The number of aromatic nitrogens is 3. The molecule has 1 N–H and O–H groups in total. The molecule has 0 atom stereocenters. The van der Waals surface area contributed by atoms with E-state index < -0.39 is 5.97 Å². The quantitative estimate of drug-likeness (QED) is 0.804. The fourth-order valence-corrected chi connectivity index (χ4v) is 2.48. The minimum Gasteiger partial charge on any atom is -0.476 e. The van der Waals surface area contributed by atoms with Crippen LogP contribution in [0.4, 0.5) is 0 Å². The van der Waals surface area contributed by atoms with E-state index in [0.29, 0.717) is 12.1 Å². The molecule has 0 amide bonds. The molecule has 2 aromatic carbocycles. The molecule has 0 unspecified atom stereocenters. The lowest BCUT2D eigenvalue weighted by molar-refractivity contribution is 0.0689. The Kier molecular flexibility index (Phi) is 3.93. The van der Waals surface area contributed by atoms with E-state index in [4.69, 9.17) is 0 Å². The fraction of sp³-hybridized carbons (Fsp3) is 0.167. The predicted molar refractivity (Wildman–Crippen MR) is 87.0 cm³/mol. The molecule has 0 saturated carbocycles. The van der Waals surface area contributed by atoms with Gasteiger partial charge in [0.2, 0.25) is 0 Å². The number of carbonyl (C=O) groups is 1. The van der Waals surface area contributed by atoms with Crippen LogP contribution >= 0.6 is 0 Å². The highest BCUT2D eigenvalue weighted by atomic mass is 16.4. The highest BCUT2D eigenvalue weighted by Crippen LogP contribution is 2.19. The second kappa shape index (κ2) is 6.04. The molecule has 1 aromatic heterocycles. The van der Waals surface area contributed by atoms with Crippen molar-refractivity contribution in [3.05, 3.63) is 76.6 Å². The zero-order chi connectivity index (χ0) is 16.4. The summed E-state index contributed by atoms with van der Waals surface area (Å²) in [6.07, 6.45) is 0.461. The standard InChI is InChI=1S/C18H17N3O2/c1-12-8-9-15(10-13(12)2)21-16(17(18(22)23)19-20-21)11-14-6-4-3-5-7-14/h3-10H,11H2,1-2H3,(H,22,23). The summed E-state index contributed by atoms with van der Waals surface area (Å²) >= 11 is 0. The molecule has 5 nitrogen and oxygen atoms in total. The molecule has 0 aliphatic heterocycles. The van der Waals surface area contributed by atoms with Gasteiger partial charge >= 0.3 is 5.97 Å². The Labute approximate surface area is 134 Å². The number of aryl methyl sites for hydroxylation is 2. The minimum absolute atomic E-state index is 0.00733. The van der Waals surface area contributed by atoms with Crippen molar-refractivity contribution in [1.29, 1.82) is 0 Å². The minimum atomic E-state index is -1.06. The van der Waals surface area contributed by atoms with E-state index in [1.54, 1.807) is 4.68 Å². The van der Waals surface area contributed by atoms with Gasteiger partial charge in [-0.15, -0.1) is 5.10 Å².